The number of hydrogen-bond acceptors (Lipinski definition) is 3. The van der Waals surface area contributed by atoms with Crippen LogP contribution in [0.3, 0.4) is 0 Å². The molecule has 31 heavy (non-hydrogen) atoms. The van der Waals surface area contributed by atoms with Gasteiger partial charge in [-0.2, -0.15) is 0 Å². The van der Waals surface area contributed by atoms with Gasteiger partial charge in [0, 0.05) is 46.2 Å². The van der Waals surface area contributed by atoms with Gasteiger partial charge >= 0.3 is 5.69 Å². The summed E-state index contributed by atoms with van der Waals surface area (Å²) in [5.74, 6) is -0.944. The minimum Gasteiger partial charge on any atom is -0.341 e. The van der Waals surface area contributed by atoms with Crippen molar-refractivity contribution in [2.24, 2.45) is 7.05 Å². The van der Waals surface area contributed by atoms with E-state index in [-0.39, 0.29) is 29.5 Å². The largest absolute Gasteiger partial charge is 0.341 e. The molecule has 2 aromatic carbocycles. The number of rotatable bonds is 4. The molecule has 0 N–H and O–H groups in total. The average molecular weight is 424 g/mol. The van der Waals surface area contributed by atoms with Gasteiger partial charge < -0.3 is 9.80 Å². The molecule has 1 aliphatic rings. The van der Waals surface area contributed by atoms with Crippen LogP contribution in [-0.2, 0) is 18.4 Å². The number of aryl methyl sites for hydroxylation is 2. The first-order valence-corrected chi connectivity index (χ1v) is 10.4. The lowest BCUT2D eigenvalue weighted by Crippen LogP contribution is -2.38. The first-order valence-electron chi connectivity index (χ1n) is 10.4. The van der Waals surface area contributed by atoms with Crippen LogP contribution in [0.5, 0.6) is 0 Å². The molecule has 1 aliphatic heterocycles. The van der Waals surface area contributed by atoms with Crippen LogP contribution in [0.25, 0.3) is 11.0 Å². The van der Waals surface area contributed by atoms with Crippen LogP contribution in [0.15, 0.2) is 53.3 Å². The maximum atomic E-state index is 14.0. The molecule has 1 saturated heterocycles. The Bertz CT molecular complexity index is 1180. The van der Waals surface area contributed by atoms with Gasteiger partial charge in [-0.25, -0.2) is 9.18 Å². The number of nitrogens with zero attached hydrogens (tertiary/aromatic N) is 4. The van der Waals surface area contributed by atoms with Gasteiger partial charge in [0.1, 0.15) is 5.82 Å². The smallest absolute Gasteiger partial charge is 0.328 e. The monoisotopic (exact) mass is 424 g/mol. The average Bonchev–Trinajstić information content (AvgIpc) is 2.94. The first-order chi connectivity index (χ1) is 15.0. The highest BCUT2D eigenvalue weighted by molar-refractivity contribution is 5.94. The number of imidazole rings is 1. The number of carbonyl (C=O) groups is 2. The van der Waals surface area contributed by atoms with E-state index < -0.39 is 5.82 Å². The Morgan fingerprint density at radius 3 is 2.32 bits per heavy atom. The van der Waals surface area contributed by atoms with Gasteiger partial charge in [0.15, 0.2) is 0 Å². The minimum atomic E-state index is -0.537. The fraction of sp³-hybridized carbons (Fsp3) is 0.348. The van der Waals surface area contributed by atoms with E-state index in [0.717, 1.165) is 11.0 Å². The van der Waals surface area contributed by atoms with E-state index in [0.29, 0.717) is 39.1 Å². The topological polar surface area (TPSA) is 67.6 Å². The Balaban J connectivity index is 1.40. The Labute approximate surface area is 179 Å². The summed E-state index contributed by atoms with van der Waals surface area (Å²) in [4.78, 5) is 41.3. The van der Waals surface area contributed by atoms with Crippen LogP contribution >= 0.6 is 0 Å². The number of hydrogen-bond donors (Lipinski definition) is 0. The molecule has 4 rings (SSSR count). The van der Waals surface area contributed by atoms with E-state index in [9.17, 15) is 18.8 Å². The van der Waals surface area contributed by atoms with Crippen molar-refractivity contribution >= 4 is 22.8 Å². The predicted octanol–water partition coefficient (Wildman–Crippen LogP) is 2.24. The quantitative estimate of drug-likeness (QED) is 0.645. The Hall–Kier alpha value is -3.42. The van der Waals surface area contributed by atoms with Gasteiger partial charge in [-0.05, 0) is 30.7 Å². The van der Waals surface area contributed by atoms with E-state index in [2.05, 4.69) is 0 Å². The lowest BCUT2D eigenvalue weighted by molar-refractivity contribution is -0.131. The standard InChI is InChI=1S/C23H25FN4O3/c1-25-19-9-4-5-10-20(19)28(23(25)31)14-11-21(29)26-12-6-13-27(16-15-26)22(30)17-7-2-3-8-18(17)24/h2-5,7-10H,6,11-16H2,1H3. The van der Waals surface area contributed by atoms with Crippen LogP contribution in [-0.4, -0.2) is 56.9 Å². The van der Waals surface area contributed by atoms with E-state index in [1.807, 2.05) is 24.3 Å². The SMILES string of the molecule is Cn1c(=O)n(CCC(=O)N2CCCN(C(=O)c3ccccc3F)CC2)c2ccccc21. The molecule has 0 saturated carbocycles. The van der Waals surface area contributed by atoms with Crippen LogP contribution in [0, 0.1) is 5.82 Å². The van der Waals surface area contributed by atoms with Crippen molar-refractivity contribution in [2.75, 3.05) is 26.2 Å². The molecule has 162 valence electrons. The third-order valence-corrected chi connectivity index (χ3v) is 5.84. The molecule has 8 heteroatoms. The summed E-state index contributed by atoms with van der Waals surface area (Å²) in [6.07, 6.45) is 0.829. The Kier molecular flexibility index (Phi) is 5.88. The third-order valence-electron chi connectivity index (χ3n) is 5.84. The molecule has 0 atom stereocenters. The number of amides is 2. The van der Waals surface area contributed by atoms with Gasteiger partial charge in [0.2, 0.25) is 5.91 Å². The summed E-state index contributed by atoms with van der Waals surface area (Å²) in [6, 6.07) is 13.4. The second-order valence-corrected chi connectivity index (χ2v) is 7.74. The van der Waals surface area contributed by atoms with E-state index >= 15 is 0 Å². The second kappa shape index (κ2) is 8.75. The summed E-state index contributed by atoms with van der Waals surface area (Å²) in [5.41, 5.74) is 1.54. The van der Waals surface area contributed by atoms with Gasteiger partial charge in [-0.1, -0.05) is 24.3 Å². The van der Waals surface area contributed by atoms with Gasteiger partial charge in [-0.3, -0.25) is 18.7 Å². The van der Waals surface area contributed by atoms with Crippen LogP contribution in [0.4, 0.5) is 4.39 Å². The molecule has 0 spiro atoms. The number of aromatic nitrogens is 2. The summed E-state index contributed by atoms with van der Waals surface area (Å²) in [7, 11) is 1.72. The molecule has 1 aromatic heterocycles. The van der Waals surface area contributed by atoms with Crippen LogP contribution in [0.2, 0.25) is 0 Å². The molecule has 2 heterocycles. The van der Waals surface area contributed by atoms with Crippen molar-refractivity contribution in [3.63, 3.8) is 0 Å². The number of fused-ring (bicyclic) bond motifs is 1. The number of carbonyl (C=O) groups excluding carboxylic acids is 2. The molecule has 1 fully saturated rings. The fourth-order valence-electron chi connectivity index (χ4n) is 4.12. The fourth-order valence-corrected chi connectivity index (χ4v) is 4.12. The summed E-state index contributed by atoms with van der Waals surface area (Å²) >= 11 is 0. The highest BCUT2D eigenvalue weighted by Gasteiger charge is 2.24. The third kappa shape index (κ3) is 4.10. The van der Waals surface area contributed by atoms with E-state index in [4.69, 9.17) is 0 Å². The summed E-state index contributed by atoms with van der Waals surface area (Å²) in [5, 5.41) is 0. The number of halogens is 1. The van der Waals surface area contributed by atoms with Gasteiger partial charge in [0.05, 0.1) is 16.6 Å². The molecule has 3 aromatic rings. The van der Waals surface area contributed by atoms with Crippen molar-refractivity contribution < 1.29 is 14.0 Å². The zero-order valence-corrected chi connectivity index (χ0v) is 17.5. The van der Waals surface area contributed by atoms with Gasteiger partial charge in [0.25, 0.3) is 5.91 Å². The molecule has 0 bridgehead atoms. The van der Waals surface area contributed by atoms with Crippen molar-refractivity contribution in [3.05, 3.63) is 70.4 Å². The van der Waals surface area contributed by atoms with Crippen LogP contribution < -0.4 is 5.69 Å². The second-order valence-electron chi connectivity index (χ2n) is 7.74. The van der Waals surface area contributed by atoms with Gasteiger partial charge in [-0.15, -0.1) is 0 Å². The maximum absolute atomic E-state index is 14.0. The summed E-state index contributed by atoms with van der Waals surface area (Å²) < 4.78 is 17.2. The van der Waals surface area contributed by atoms with E-state index in [1.165, 1.54) is 12.1 Å². The lowest BCUT2D eigenvalue weighted by atomic mass is 10.2. The molecule has 0 aliphatic carbocycles. The lowest BCUT2D eigenvalue weighted by Gasteiger charge is -2.22. The van der Waals surface area contributed by atoms with E-state index in [1.54, 1.807) is 38.1 Å². The van der Waals surface area contributed by atoms with Crippen LogP contribution in [0.1, 0.15) is 23.2 Å². The molecule has 0 radical (unpaired) electrons. The predicted molar refractivity (Wildman–Crippen MR) is 115 cm³/mol. The molecular formula is C23H25FN4O3. The highest BCUT2D eigenvalue weighted by atomic mass is 19.1. The Morgan fingerprint density at radius 2 is 1.55 bits per heavy atom. The normalized spacial score (nSPS) is 14.6. The van der Waals surface area contributed by atoms with Crippen molar-refractivity contribution in [2.45, 2.75) is 19.4 Å². The number of benzene rings is 2. The molecule has 7 nitrogen and oxygen atoms in total. The molecule has 2 amide bonds. The van der Waals surface area contributed by atoms with Crippen molar-refractivity contribution in [1.82, 2.24) is 18.9 Å². The highest BCUT2D eigenvalue weighted by Crippen LogP contribution is 2.15. The zero-order chi connectivity index (χ0) is 22.0. The summed E-state index contributed by atoms with van der Waals surface area (Å²) in [6.45, 7) is 2.05. The van der Waals surface area contributed by atoms with Crippen molar-refractivity contribution in [1.29, 1.82) is 0 Å². The van der Waals surface area contributed by atoms with Crippen molar-refractivity contribution in [3.8, 4) is 0 Å². The minimum absolute atomic E-state index is 0.0533. The zero-order valence-electron chi connectivity index (χ0n) is 17.5. The molecular weight excluding hydrogens is 399 g/mol. The maximum Gasteiger partial charge on any atom is 0.328 e. The molecule has 0 unspecified atom stereocenters. The Morgan fingerprint density at radius 1 is 0.903 bits per heavy atom. The number of para-hydroxylation sites is 2. The first kappa shape index (κ1) is 20.8.